The number of hydrogen-bond acceptors (Lipinski definition) is 5. The van der Waals surface area contributed by atoms with Crippen molar-refractivity contribution in [2.45, 2.75) is 43.9 Å². The topological polar surface area (TPSA) is 95.9 Å². The minimum absolute atomic E-state index is 0.0549. The number of benzene rings is 2. The van der Waals surface area contributed by atoms with Gasteiger partial charge in [0.05, 0.1) is 17.2 Å². The molecule has 1 heterocycles. The molecular formula is C24H29FN2O5S. The standard InChI is InChI=1S/C24H29FN2O5S/c1-3-27(4-2)11-5-6-15-12-17(25)7-10-21(15)33(30,31)26-20-9-8-18-19-13-16(19)14-32-23(18)22(20)24(28)29/h7-10,12,16,19,26H,3-6,11,13-14H2,1-2H3,(H,28,29). The average molecular weight is 477 g/mol. The van der Waals surface area contributed by atoms with Gasteiger partial charge in [0.15, 0.2) is 0 Å². The summed E-state index contributed by atoms with van der Waals surface area (Å²) in [6.45, 7) is 7.07. The smallest absolute Gasteiger partial charge is 0.341 e. The monoisotopic (exact) mass is 476 g/mol. The van der Waals surface area contributed by atoms with Gasteiger partial charge in [-0.05, 0) is 80.2 Å². The molecule has 2 aliphatic rings. The highest BCUT2D eigenvalue weighted by Gasteiger charge is 2.45. The highest BCUT2D eigenvalue weighted by Crippen LogP contribution is 2.55. The number of aryl methyl sites for hydroxylation is 1. The highest BCUT2D eigenvalue weighted by atomic mass is 32.2. The second kappa shape index (κ2) is 9.30. The predicted molar refractivity (Wildman–Crippen MR) is 123 cm³/mol. The Kier molecular flexibility index (Phi) is 6.63. The second-order valence-electron chi connectivity index (χ2n) is 8.61. The van der Waals surface area contributed by atoms with Crippen molar-refractivity contribution in [3.63, 3.8) is 0 Å². The van der Waals surface area contributed by atoms with Crippen LogP contribution in [0, 0.1) is 11.7 Å². The normalized spacial score (nSPS) is 18.9. The van der Waals surface area contributed by atoms with Crippen molar-refractivity contribution in [3.05, 3.63) is 52.8 Å². The Morgan fingerprint density at radius 2 is 2.00 bits per heavy atom. The van der Waals surface area contributed by atoms with E-state index < -0.39 is 21.8 Å². The van der Waals surface area contributed by atoms with Gasteiger partial charge in [-0.2, -0.15) is 0 Å². The van der Waals surface area contributed by atoms with E-state index in [9.17, 15) is 22.7 Å². The predicted octanol–water partition coefficient (Wildman–Crippen LogP) is 4.10. The molecule has 0 aromatic heterocycles. The van der Waals surface area contributed by atoms with Crippen molar-refractivity contribution >= 4 is 21.7 Å². The molecule has 2 aromatic rings. The van der Waals surface area contributed by atoms with E-state index in [1.165, 1.54) is 18.2 Å². The molecule has 2 N–H and O–H groups in total. The molecule has 178 valence electrons. The van der Waals surface area contributed by atoms with Gasteiger partial charge in [0.25, 0.3) is 10.0 Å². The molecule has 7 nitrogen and oxygen atoms in total. The minimum atomic E-state index is -4.16. The lowest BCUT2D eigenvalue weighted by Gasteiger charge is -2.21. The number of carboxylic acids is 1. The number of fused-ring (bicyclic) bond motifs is 3. The maximum Gasteiger partial charge on any atom is 0.341 e. The minimum Gasteiger partial charge on any atom is -0.492 e. The average Bonchev–Trinajstić information content (AvgIpc) is 3.56. The first-order valence-electron chi connectivity index (χ1n) is 11.3. The maximum absolute atomic E-state index is 14.0. The number of anilines is 1. The fourth-order valence-electron chi connectivity index (χ4n) is 4.58. The van der Waals surface area contributed by atoms with Gasteiger partial charge in [-0.25, -0.2) is 17.6 Å². The van der Waals surface area contributed by atoms with E-state index in [1.54, 1.807) is 6.07 Å². The Morgan fingerprint density at radius 3 is 2.70 bits per heavy atom. The summed E-state index contributed by atoms with van der Waals surface area (Å²) in [5, 5.41) is 9.83. The van der Waals surface area contributed by atoms with E-state index in [4.69, 9.17) is 4.74 Å². The Hall–Kier alpha value is -2.65. The third-order valence-corrected chi connectivity index (χ3v) is 8.00. The van der Waals surface area contributed by atoms with E-state index in [2.05, 4.69) is 23.5 Å². The van der Waals surface area contributed by atoms with E-state index in [0.29, 0.717) is 30.9 Å². The van der Waals surface area contributed by atoms with Crippen molar-refractivity contribution in [2.75, 3.05) is 31.0 Å². The van der Waals surface area contributed by atoms with Crippen molar-refractivity contribution < 1.29 is 27.4 Å². The molecule has 9 heteroatoms. The summed E-state index contributed by atoms with van der Waals surface area (Å²) in [6.07, 6.45) is 2.00. The molecule has 33 heavy (non-hydrogen) atoms. The number of rotatable bonds is 10. The second-order valence-corrected chi connectivity index (χ2v) is 10.3. The summed E-state index contributed by atoms with van der Waals surface area (Å²) in [4.78, 5) is 14.2. The molecule has 0 saturated heterocycles. The first-order chi connectivity index (χ1) is 15.7. The fourth-order valence-corrected chi connectivity index (χ4v) is 5.91. The number of ether oxygens (including phenoxy) is 1. The van der Waals surface area contributed by atoms with Gasteiger partial charge in [0.2, 0.25) is 0 Å². The first kappa shape index (κ1) is 23.5. The molecular weight excluding hydrogens is 447 g/mol. The van der Waals surface area contributed by atoms with Gasteiger partial charge < -0.3 is 14.7 Å². The molecule has 1 aliphatic carbocycles. The number of carbonyl (C=O) groups is 1. The van der Waals surface area contributed by atoms with E-state index in [-0.39, 0.29) is 27.8 Å². The molecule has 1 saturated carbocycles. The molecule has 0 bridgehead atoms. The van der Waals surface area contributed by atoms with Crippen LogP contribution in [-0.4, -0.2) is 50.6 Å². The molecule has 2 atom stereocenters. The zero-order valence-electron chi connectivity index (χ0n) is 18.8. The SMILES string of the molecule is CCN(CC)CCCc1cc(F)ccc1S(=O)(=O)Nc1ccc2c(c1C(=O)O)OCC1CC21. The summed E-state index contributed by atoms with van der Waals surface area (Å²) in [5.74, 6) is -0.867. The van der Waals surface area contributed by atoms with Crippen LogP contribution in [0.1, 0.15) is 54.1 Å². The van der Waals surface area contributed by atoms with E-state index in [0.717, 1.165) is 37.7 Å². The molecule has 0 spiro atoms. The highest BCUT2D eigenvalue weighted by molar-refractivity contribution is 7.92. The number of halogens is 1. The Bertz CT molecular complexity index is 1160. The number of nitrogens with one attached hydrogen (secondary N) is 1. The van der Waals surface area contributed by atoms with Crippen LogP contribution in [0.5, 0.6) is 5.75 Å². The Balaban J connectivity index is 1.63. The van der Waals surface area contributed by atoms with Gasteiger partial charge in [0.1, 0.15) is 17.1 Å². The summed E-state index contributed by atoms with van der Waals surface area (Å²) in [7, 11) is -4.16. The third-order valence-electron chi connectivity index (χ3n) is 6.54. The lowest BCUT2D eigenvalue weighted by Crippen LogP contribution is -2.24. The largest absolute Gasteiger partial charge is 0.492 e. The first-order valence-corrected chi connectivity index (χ1v) is 12.8. The molecule has 2 aromatic carbocycles. The van der Waals surface area contributed by atoms with Crippen molar-refractivity contribution in [3.8, 4) is 5.75 Å². The zero-order chi connectivity index (χ0) is 23.8. The molecule has 1 fully saturated rings. The van der Waals surface area contributed by atoms with Gasteiger partial charge in [0, 0.05) is 5.92 Å². The lowest BCUT2D eigenvalue weighted by molar-refractivity contribution is 0.0692. The van der Waals surface area contributed by atoms with Crippen LogP contribution in [0.3, 0.4) is 0 Å². The lowest BCUT2D eigenvalue weighted by atomic mass is 10.0. The number of carboxylic acid groups (broad SMARTS) is 1. The van der Waals surface area contributed by atoms with Crippen LogP contribution in [0.15, 0.2) is 35.2 Å². The van der Waals surface area contributed by atoms with Crippen LogP contribution >= 0.6 is 0 Å². The molecule has 0 amide bonds. The fraction of sp³-hybridized carbons (Fsp3) is 0.458. The molecule has 2 unspecified atom stereocenters. The van der Waals surface area contributed by atoms with Gasteiger partial charge in [-0.3, -0.25) is 4.72 Å². The quantitative estimate of drug-likeness (QED) is 0.536. The van der Waals surface area contributed by atoms with Gasteiger partial charge >= 0.3 is 5.97 Å². The summed E-state index contributed by atoms with van der Waals surface area (Å²) in [6, 6.07) is 6.78. The molecule has 0 radical (unpaired) electrons. The molecule has 1 aliphatic heterocycles. The van der Waals surface area contributed by atoms with Crippen molar-refractivity contribution in [1.29, 1.82) is 0 Å². The van der Waals surface area contributed by atoms with Crippen molar-refractivity contribution in [1.82, 2.24) is 4.90 Å². The maximum atomic E-state index is 14.0. The third kappa shape index (κ3) is 4.84. The number of aromatic carboxylic acids is 1. The molecule has 4 rings (SSSR count). The number of sulfonamides is 1. The van der Waals surface area contributed by atoms with E-state index in [1.807, 2.05) is 0 Å². The van der Waals surface area contributed by atoms with E-state index >= 15 is 0 Å². The zero-order valence-corrected chi connectivity index (χ0v) is 19.6. The van der Waals surface area contributed by atoms with Crippen molar-refractivity contribution in [2.24, 2.45) is 5.92 Å². The van der Waals surface area contributed by atoms with Crippen LogP contribution < -0.4 is 9.46 Å². The summed E-state index contributed by atoms with van der Waals surface area (Å²) < 4.78 is 48.6. The Morgan fingerprint density at radius 1 is 1.24 bits per heavy atom. The Labute approximate surface area is 193 Å². The van der Waals surface area contributed by atoms with Gasteiger partial charge in [-0.15, -0.1) is 0 Å². The van der Waals surface area contributed by atoms with Gasteiger partial charge in [-0.1, -0.05) is 19.9 Å². The summed E-state index contributed by atoms with van der Waals surface area (Å²) in [5.41, 5.74) is 0.928. The number of nitrogens with zero attached hydrogens (tertiary/aromatic N) is 1. The van der Waals surface area contributed by atoms with Crippen LogP contribution in [0.25, 0.3) is 0 Å². The number of hydrogen-bond donors (Lipinski definition) is 2. The van der Waals surface area contributed by atoms with Crippen LogP contribution in [0.4, 0.5) is 10.1 Å². The summed E-state index contributed by atoms with van der Waals surface area (Å²) >= 11 is 0. The van der Waals surface area contributed by atoms with Crippen LogP contribution in [-0.2, 0) is 16.4 Å². The van der Waals surface area contributed by atoms with Crippen LogP contribution in [0.2, 0.25) is 0 Å².